The Hall–Kier alpha value is -3.68. The van der Waals surface area contributed by atoms with Crippen LogP contribution in [0.15, 0.2) is 59.4 Å². The Morgan fingerprint density at radius 2 is 1.69 bits per heavy atom. The first-order valence-electron chi connectivity index (χ1n) is 8.91. The summed E-state index contributed by atoms with van der Waals surface area (Å²) < 4.78 is 21.1. The van der Waals surface area contributed by atoms with E-state index in [9.17, 15) is 18.8 Å². The molecule has 0 radical (unpaired) electrons. The van der Waals surface area contributed by atoms with Crippen molar-refractivity contribution in [2.24, 2.45) is 7.05 Å². The molecule has 1 atom stereocenters. The Morgan fingerprint density at radius 3 is 2.31 bits per heavy atom. The summed E-state index contributed by atoms with van der Waals surface area (Å²) in [5.74, 6) is -1.90. The highest BCUT2D eigenvalue weighted by atomic mass is 19.1. The molecule has 1 heterocycles. The molecule has 0 saturated heterocycles. The maximum Gasteiger partial charge on any atom is 0.338 e. The van der Waals surface area contributed by atoms with E-state index in [1.54, 1.807) is 42.9 Å². The van der Waals surface area contributed by atoms with E-state index in [0.29, 0.717) is 11.4 Å². The standard InChI is InChI=1S/C21H20FN3O4/c1-13-18(20(27)25(24(13)3)17-7-5-4-6-8-17)23-19(26)14(2)29-21(28)15-9-11-16(22)12-10-15/h4-12,14H,1-3H3,(H,23,26). The third kappa shape index (κ3) is 4.11. The summed E-state index contributed by atoms with van der Waals surface area (Å²) in [4.78, 5) is 37.4. The SMILES string of the molecule is Cc1c(NC(=O)C(C)OC(=O)c2ccc(F)cc2)c(=O)n(-c2ccccc2)n1C. The number of hydrogen-bond donors (Lipinski definition) is 1. The first-order chi connectivity index (χ1) is 13.8. The van der Waals surface area contributed by atoms with Crippen LogP contribution in [0, 0.1) is 12.7 Å². The summed E-state index contributed by atoms with van der Waals surface area (Å²) >= 11 is 0. The van der Waals surface area contributed by atoms with Gasteiger partial charge in [-0.2, -0.15) is 0 Å². The number of aromatic nitrogens is 2. The summed E-state index contributed by atoms with van der Waals surface area (Å²) in [6, 6.07) is 13.8. The Balaban J connectivity index is 1.77. The Kier molecular flexibility index (Phi) is 5.63. The zero-order chi connectivity index (χ0) is 21.1. The molecule has 1 aromatic heterocycles. The quantitative estimate of drug-likeness (QED) is 0.671. The predicted octanol–water partition coefficient (Wildman–Crippen LogP) is 2.81. The summed E-state index contributed by atoms with van der Waals surface area (Å²) in [5, 5.41) is 2.54. The van der Waals surface area contributed by atoms with Crippen LogP contribution in [0.3, 0.4) is 0 Å². The van der Waals surface area contributed by atoms with Crippen molar-refractivity contribution in [3.8, 4) is 5.69 Å². The molecule has 7 nitrogen and oxygen atoms in total. The lowest BCUT2D eigenvalue weighted by atomic mass is 10.2. The molecule has 150 valence electrons. The van der Waals surface area contributed by atoms with Gasteiger partial charge in [0, 0.05) is 7.05 Å². The van der Waals surface area contributed by atoms with Crippen molar-refractivity contribution in [3.63, 3.8) is 0 Å². The van der Waals surface area contributed by atoms with E-state index < -0.39 is 29.4 Å². The van der Waals surface area contributed by atoms with E-state index in [1.807, 2.05) is 6.07 Å². The first kappa shape index (κ1) is 20.1. The molecule has 1 N–H and O–H groups in total. The number of ether oxygens (including phenoxy) is 1. The van der Waals surface area contributed by atoms with Crippen LogP contribution in [-0.4, -0.2) is 27.3 Å². The van der Waals surface area contributed by atoms with E-state index in [4.69, 9.17) is 4.74 Å². The van der Waals surface area contributed by atoms with Gasteiger partial charge in [0.05, 0.1) is 16.9 Å². The zero-order valence-corrected chi connectivity index (χ0v) is 16.2. The van der Waals surface area contributed by atoms with Gasteiger partial charge in [0.15, 0.2) is 6.10 Å². The fraction of sp³-hybridized carbons (Fsp3) is 0.190. The summed E-state index contributed by atoms with van der Waals surface area (Å²) in [6.45, 7) is 3.09. The topological polar surface area (TPSA) is 82.3 Å². The van der Waals surface area contributed by atoms with E-state index in [1.165, 1.54) is 23.7 Å². The summed E-state index contributed by atoms with van der Waals surface area (Å²) in [6.07, 6.45) is -1.16. The average molecular weight is 397 g/mol. The van der Waals surface area contributed by atoms with E-state index in [2.05, 4.69) is 5.32 Å². The highest BCUT2D eigenvalue weighted by molar-refractivity contribution is 5.97. The maximum atomic E-state index is 13.0. The number of carbonyl (C=O) groups is 2. The van der Waals surface area contributed by atoms with Crippen molar-refractivity contribution < 1.29 is 18.7 Å². The normalized spacial score (nSPS) is 11.7. The molecule has 3 rings (SSSR count). The Morgan fingerprint density at radius 1 is 1.07 bits per heavy atom. The molecule has 8 heteroatoms. The molecule has 2 aromatic carbocycles. The number of benzene rings is 2. The molecule has 0 fully saturated rings. The number of carbonyl (C=O) groups excluding carboxylic acids is 2. The molecule has 1 unspecified atom stereocenters. The number of esters is 1. The van der Waals surface area contributed by atoms with Gasteiger partial charge >= 0.3 is 5.97 Å². The predicted molar refractivity (Wildman–Crippen MR) is 106 cm³/mol. The van der Waals surface area contributed by atoms with E-state index in [-0.39, 0.29) is 11.3 Å². The highest BCUT2D eigenvalue weighted by Gasteiger charge is 2.23. The maximum absolute atomic E-state index is 13.0. The molecular formula is C21H20FN3O4. The van der Waals surface area contributed by atoms with Gasteiger partial charge in [-0.25, -0.2) is 13.9 Å². The van der Waals surface area contributed by atoms with E-state index in [0.717, 1.165) is 12.1 Å². The molecule has 0 bridgehead atoms. The van der Waals surface area contributed by atoms with Crippen molar-refractivity contribution in [1.82, 2.24) is 9.36 Å². The second kappa shape index (κ2) is 8.14. The average Bonchev–Trinajstić information content (AvgIpc) is 2.92. The van der Waals surface area contributed by atoms with Gasteiger partial charge in [-0.1, -0.05) is 18.2 Å². The third-order valence-corrected chi connectivity index (χ3v) is 4.54. The molecule has 0 saturated carbocycles. The van der Waals surface area contributed by atoms with Crippen LogP contribution in [0.1, 0.15) is 23.0 Å². The molecule has 0 spiro atoms. The molecule has 3 aromatic rings. The molecule has 0 aliphatic heterocycles. The molecule has 0 aliphatic carbocycles. The number of nitrogens with one attached hydrogen (secondary N) is 1. The van der Waals surface area contributed by atoms with Crippen molar-refractivity contribution in [3.05, 3.63) is 82.0 Å². The molecule has 0 aliphatic rings. The molecular weight excluding hydrogens is 377 g/mol. The fourth-order valence-electron chi connectivity index (χ4n) is 2.81. The highest BCUT2D eigenvalue weighted by Crippen LogP contribution is 2.15. The second-order valence-corrected chi connectivity index (χ2v) is 6.48. The van der Waals surface area contributed by atoms with E-state index >= 15 is 0 Å². The largest absolute Gasteiger partial charge is 0.449 e. The van der Waals surface area contributed by atoms with Crippen LogP contribution >= 0.6 is 0 Å². The van der Waals surface area contributed by atoms with Crippen molar-refractivity contribution in [2.45, 2.75) is 20.0 Å². The third-order valence-electron chi connectivity index (χ3n) is 4.54. The lowest BCUT2D eigenvalue weighted by molar-refractivity contribution is -0.123. The minimum atomic E-state index is -1.16. The van der Waals surface area contributed by atoms with Crippen molar-refractivity contribution in [2.75, 3.05) is 5.32 Å². The van der Waals surface area contributed by atoms with Gasteiger partial charge in [0.25, 0.3) is 11.5 Å². The first-order valence-corrected chi connectivity index (χ1v) is 8.91. The number of nitrogens with zero attached hydrogens (tertiary/aromatic N) is 2. The van der Waals surface area contributed by atoms with Gasteiger partial charge in [-0.15, -0.1) is 0 Å². The zero-order valence-electron chi connectivity index (χ0n) is 16.2. The van der Waals surface area contributed by atoms with Crippen LogP contribution in [0.5, 0.6) is 0 Å². The Bertz CT molecular complexity index is 1100. The van der Waals surface area contributed by atoms with Crippen LogP contribution in [0.4, 0.5) is 10.1 Å². The van der Waals surface area contributed by atoms with Crippen molar-refractivity contribution in [1.29, 1.82) is 0 Å². The Labute approximate surface area is 166 Å². The number of amides is 1. The number of rotatable bonds is 5. The van der Waals surface area contributed by atoms with Gasteiger partial charge in [0.1, 0.15) is 11.5 Å². The summed E-state index contributed by atoms with van der Waals surface area (Å²) in [7, 11) is 1.71. The minimum Gasteiger partial charge on any atom is -0.449 e. The molecule has 29 heavy (non-hydrogen) atoms. The number of anilines is 1. The van der Waals surface area contributed by atoms with Crippen LogP contribution in [0.25, 0.3) is 5.69 Å². The summed E-state index contributed by atoms with van der Waals surface area (Å²) in [5.41, 5.74) is 1.02. The monoisotopic (exact) mass is 397 g/mol. The van der Waals surface area contributed by atoms with Gasteiger partial charge in [0.2, 0.25) is 0 Å². The smallest absolute Gasteiger partial charge is 0.338 e. The number of halogens is 1. The molecule has 1 amide bonds. The van der Waals surface area contributed by atoms with Gasteiger partial charge in [-0.05, 0) is 50.2 Å². The number of hydrogen-bond acceptors (Lipinski definition) is 4. The minimum absolute atomic E-state index is 0.103. The fourth-order valence-corrected chi connectivity index (χ4v) is 2.81. The van der Waals surface area contributed by atoms with Crippen LogP contribution in [-0.2, 0) is 16.6 Å². The van der Waals surface area contributed by atoms with Crippen molar-refractivity contribution >= 4 is 17.6 Å². The van der Waals surface area contributed by atoms with Crippen LogP contribution in [0.2, 0.25) is 0 Å². The van der Waals surface area contributed by atoms with Gasteiger partial charge in [-0.3, -0.25) is 14.3 Å². The van der Waals surface area contributed by atoms with Crippen LogP contribution < -0.4 is 10.9 Å². The lowest BCUT2D eigenvalue weighted by Crippen LogP contribution is -2.32. The lowest BCUT2D eigenvalue weighted by Gasteiger charge is -2.13. The second-order valence-electron chi connectivity index (χ2n) is 6.48. The number of para-hydroxylation sites is 1. The van der Waals surface area contributed by atoms with Gasteiger partial charge < -0.3 is 10.1 Å².